The normalized spacial score (nSPS) is 20.0. The smallest absolute Gasteiger partial charge is 0.243 e. The molecular formula is C39H70N4O6. The molecule has 10 nitrogen and oxygen atoms in total. The van der Waals surface area contributed by atoms with E-state index in [0.29, 0.717) is 51.5 Å². The van der Waals surface area contributed by atoms with Crippen LogP contribution in [0.3, 0.4) is 0 Å². The van der Waals surface area contributed by atoms with Gasteiger partial charge < -0.3 is 31.1 Å². The highest BCUT2D eigenvalue weighted by atomic mass is 16.3. The lowest BCUT2D eigenvalue weighted by atomic mass is 9.98. The first-order chi connectivity index (χ1) is 23.5. The number of rotatable bonds is 28. The summed E-state index contributed by atoms with van der Waals surface area (Å²) in [7, 11) is 0. The van der Waals surface area contributed by atoms with E-state index in [2.05, 4.69) is 78.8 Å². The highest BCUT2D eigenvalue weighted by Gasteiger charge is 2.33. The average Bonchev–Trinajstić information content (AvgIpc) is 3.06. The standard InChI is InChI=1S/C39H70N4O6/c1-6-7-8-9-12-19-32(4)36(46)29-43(30-37(47)33(5)20-13-10-11-18-31(2)3)24-17-15-22-35-39(49)40-34(38(48)41-35)21-14-16-23-42(25-27-44)26-28-45/h6-7,9,11-13,18,20,31-37,44-47H,8,10,14-17,19,21-30H2,1-5H3,(H,40,49)(H,41,48)/b7-6-,12-9-,18-11-,20-13-. The molecule has 6 N–H and O–H groups in total. The van der Waals surface area contributed by atoms with Crippen molar-refractivity contribution < 1.29 is 30.0 Å². The Balaban J connectivity index is 2.66. The summed E-state index contributed by atoms with van der Waals surface area (Å²) in [5.41, 5.74) is 0. The van der Waals surface area contributed by atoms with Crippen molar-refractivity contribution >= 4 is 11.8 Å². The van der Waals surface area contributed by atoms with Crippen LogP contribution in [0.1, 0.15) is 92.4 Å². The second-order valence-electron chi connectivity index (χ2n) is 14.0. The first kappa shape index (κ1) is 44.7. The van der Waals surface area contributed by atoms with Crippen LogP contribution in [0.2, 0.25) is 0 Å². The first-order valence-electron chi connectivity index (χ1n) is 18.7. The number of carbonyl (C=O) groups is 2. The largest absolute Gasteiger partial charge is 0.395 e. The summed E-state index contributed by atoms with van der Waals surface area (Å²) in [4.78, 5) is 29.7. The van der Waals surface area contributed by atoms with E-state index in [1.807, 2.05) is 24.8 Å². The van der Waals surface area contributed by atoms with Gasteiger partial charge in [0.05, 0.1) is 25.4 Å². The molecule has 0 radical (unpaired) electrons. The van der Waals surface area contributed by atoms with E-state index in [1.54, 1.807) is 0 Å². The molecule has 0 aromatic carbocycles. The quantitative estimate of drug-likeness (QED) is 0.0535. The average molecular weight is 691 g/mol. The van der Waals surface area contributed by atoms with Gasteiger partial charge in [0, 0.05) is 32.1 Å². The zero-order valence-corrected chi connectivity index (χ0v) is 31.2. The molecule has 0 aromatic rings. The zero-order chi connectivity index (χ0) is 36.4. The predicted molar refractivity (Wildman–Crippen MR) is 200 cm³/mol. The van der Waals surface area contributed by atoms with E-state index in [4.69, 9.17) is 10.2 Å². The summed E-state index contributed by atoms with van der Waals surface area (Å²) in [6.07, 6.45) is 22.3. The number of nitrogens with zero attached hydrogens (tertiary/aromatic N) is 2. The molecule has 0 aromatic heterocycles. The molecule has 6 unspecified atom stereocenters. The summed E-state index contributed by atoms with van der Waals surface area (Å²) in [5.74, 6) is 0.233. The fourth-order valence-corrected chi connectivity index (χ4v) is 5.83. The maximum Gasteiger partial charge on any atom is 0.243 e. The molecule has 10 heteroatoms. The number of aliphatic hydroxyl groups is 4. The Kier molecular flexibility index (Phi) is 25.0. The van der Waals surface area contributed by atoms with Crippen LogP contribution in [-0.4, -0.2) is 119 Å². The fourth-order valence-electron chi connectivity index (χ4n) is 5.83. The molecule has 2 amide bonds. The maximum atomic E-state index is 12.8. The van der Waals surface area contributed by atoms with Crippen LogP contribution in [-0.2, 0) is 9.59 Å². The minimum absolute atomic E-state index is 0.0341. The molecule has 1 aliphatic heterocycles. The number of aliphatic hydroxyl groups excluding tert-OH is 4. The summed E-state index contributed by atoms with van der Waals surface area (Å²) in [5, 5.41) is 46.3. The van der Waals surface area contributed by atoms with E-state index >= 15 is 0 Å². The van der Waals surface area contributed by atoms with Crippen LogP contribution in [0.5, 0.6) is 0 Å². The van der Waals surface area contributed by atoms with E-state index in [1.165, 1.54) is 0 Å². The molecule has 0 bridgehead atoms. The van der Waals surface area contributed by atoms with Crippen LogP contribution >= 0.6 is 0 Å². The third-order valence-electron chi connectivity index (χ3n) is 9.10. The number of allylic oxidation sites excluding steroid dienone is 7. The Bertz CT molecular complexity index is 994. The molecule has 1 rings (SSSR count). The van der Waals surface area contributed by atoms with Crippen molar-refractivity contribution in [3.05, 3.63) is 48.6 Å². The number of hydrogen-bond acceptors (Lipinski definition) is 8. The lowest BCUT2D eigenvalue weighted by Gasteiger charge is -2.31. The number of unbranched alkanes of at least 4 members (excludes halogenated alkanes) is 2. The lowest BCUT2D eigenvalue weighted by molar-refractivity contribution is -0.137. The summed E-state index contributed by atoms with van der Waals surface area (Å²) >= 11 is 0. The number of piperazine rings is 1. The highest BCUT2D eigenvalue weighted by molar-refractivity contribution is 5.96. The van der Waals surface area contributed by atoms with Crippen molar-refractivity contribution in [3.8, 4) is 0 Å². The molecule has 6 atom stereocenters. The summed E-state index contributed by atoms with van der Waals surface area (Å²) in [6.45, 7) is 13.7. The predicted octanol–water partition coefficient (Wildman–Crippen LogP) is 3.96. The van der Waals surface area contributed by atoms with Crippen LogP contribution in [0.4, 0.5) is 0 Å². The summed E-state index contributed by atoms with van der Waals surface area (Å²) < 4.78 is 0. The van der Waals surface area contributed by atoms with E-state index in [9.17, 15) is 19.8 Å². The van der Waals surface area contributed by atoms with Crippen molar-refractivity contribution in [2.75, 3.05) is 52.5 Å². The Morgan fingerprint density at radius 2 is 1.20 bits per heavy atom. The Hall–Kier alpha value is -2.34. The lowest BCUT2D eigenvalue weighted by Crippen LogP contribution is -2.61. The van der Waals surface area contributed by atoms with Gasteiger partial charge in [0.2, 0.25) is 11.8 Å². The second-order valence-corrected chi connectivity index (χ2v) is 14.0. The Morgan fingerprint density at radius 3 is 1.76 bits per heavy atom. The number of nitrogens with one attached hydrogen (secondary N) is 2. The van der Waals surface area contributed by atoms with Gasteiger partial charge in [-0.2, -0.15) is 0 Å². The van der Waals surface area contributed by atoms with E-state index in [-0.39, 0.29) is 36.9 Å². The molecular weight excluding hydrogens is 620 g/mol. The van der Waals surface area contributed by atoms with Gasteiger partial charge in [0.15, 0.2) is 0 Å². The third-order valence-corrected chi connectivity index (χ3v) is 9.10. The molecule has 0 aliphatic carbocycles. The zero-order valence-electron chi connectivity index (χ0n) is 31.2. The van der Waals surface area contributed by atoms with Gasteiger partial charge in [0.1, 0.15) is 12.1 Å². The monoisotopic (exact) mass is 691 g/mol. The van der Waals surface area contributed by atoms with E-state index < -0.39 is 24.3 Å². The van der Waals surface area contributed by atoms with Gasteiger partial charge in [0.25, 0.3) is 0 Å². The van der Waals surface area contributed by atoms with Gasteiger partial charge in [-0.1, -0.05) is 76.3 Å². The van der Waals surface area contributed by atoms with Gasteiger partial charge >= 0.3 is 0 Å². The highest BCUT2D eigenvalue weighted by Crippen LogP contribution is 2.16. The SMILES string of the molecule is C/C=C\C/C=C\CC(C)C(O)CN(CCCCC1NC(=O)C(CCCCN(CCO)CCO)NC1=O)CC(O)C(C)/C=C\C/C=C\C(C)C. The van der Waals surface area contributed by atoms with Crippen LogP contribution in [0.15, 0.2) is 48.6 Å². The third kappa shape index (κ3) is 20.8. The molecule has 0 spiro atoms. The number of carbonyl (C=O) groups excluding carboxylic acids is 2. The minimum atomic E-state index is -0.582. The van der Waals surface area contributed by atoms with Gasteiger partial charge in [-0.25, -0.2) is 0 Å². The molecule has 0 saturated carbocycles. The second kappa shape index (κ2) is 27.4. The fraction of sp³-hybridized carbons (Fsp3) is 0.744. The van der Waals surface area contributed by atoms with E-state index in [0.717, 1.165) is 51.5 Å². The maximum absolute atomic E-state index is 12.8. The Labute approximate surface area is 297 Å². The molecule has 1 heterocycles. The molecule has 282 valence electrons. The van der Waals surface area contributed by atoms with Crippen molar-refractivity contribution in [1.82, 2.24) is 20.4 Å². The van der Waals surface area contributed by atoms with Gasteiger partial charge in [-0.3, -0.25) is 19.4 Å². The first-order valence-corrected chi connectivity index (χ1v) is 18.7. The van der Waals surface area contributed by atoms with Gasteiger partial charge in [-0.15, -0.1) is 0 Å². The van der Waals surface area contributed by atoms with Crippen molar-refractivity contribution in [1.29, 1.82) is 0 Å². The van der Waals surface area contributed by atoms with Crippen molar-refractivity contribution in [2.45, 2.75) is 117 Å². The van der Waals surface area contributed by atoms with Crippen molar-refractivity contribution in [3.63, 3.8) is 0 Å². The number of amides is 2. The number of hydrogen-bond donors (Lipinski definition) is 6. The van der Waals surface area contributed by atoms with Crippen molar-refractivity contribution in [2.24, 2.45) is 17.8 Å². The summed E-state index contributed by atoms with van der Waals surface area (Å²) in [6, 6.07) is -1.11. The van der Waals surface area contributed by atoms with Crippen LogP contribution < -0.4 is 10.6 Å². The molecule has 1 saturated heterocycles. The molecule has 1 aliphatic rings. The molecule has 49 heavy (non-hydrogen) atoms. The van der Waals surface area contributed by atoms with Crippen LogP contribution in [0.25, 0.3) is 0 Å². The van der Waals surface area contributed by atoms with Gasteiger partial charge in [-0.05, 0) is 89.6 Å². The minimum Gasteiger partial charge on any atom is -0.395 e. The van der Waals surface area contributed by atoms with Crippen LogP contribution in [0, 0.1) is 17.8 Å². The topological polar surface area (TPSA) is 146 Å². The molecule has 1 fully saturated rings. The Morgan fingerprint density at radius 1 is 0.673 bits per heavy atom.